The first-order chi connectivity index (χ1) is 7.65. The largest absolute Gasteiger partial charge is 0.383 e. The molecule has 0 bridgehead atoms. The Morgan fingerprint density at radius 3 is 2.38 bits per heavy atom. The van der Waals surface area contributed by atoms with E-state index in [0.29, 0.717) is 0 Å². The quantitative estimate of drug-likeness (QED) is 0.705. The first-order valence-electron chi connectivity index (χ1n) is 5.33. The molecule has 1 aromatic rings. The van der Waals surface area contributed by atoms with Crippen molar-refractivity contribution in [3.63, 3.8) is 0 Å². The maximum atomic E-state index is 3.58. The highest BCUT2D eigenvalue weighted by Gasteiger charge is 2.04. The van der Waals surface area contributed by atoms with E-state index in [4.69, 9.17) is 0 Å². The van der Waals surface area contributed by atoms with E-state index in [2.05, 4.69) is 62.5 Å². The van der Waals surface area contributed by atoms with E-state index in [-0.39, 0.29) is 0 Å². The van der Waals surface area contributed by atoms with Crippen LogP contribution in [0.15, 0.2) is 21.1 Å². The van der Waals surface area contributed by atoms with E-state index in [1.807, 2.05) is 11.8 Å². The standard InChI is InChI=1S/C12H17Br2NS/c1-9-7-10(13)12(11(14)8-9)15-5-3-4-6-16-2/h7-8,15H,3-6H2,1-2H3. The molecular weight excluding hydrogens is 350 g/mol. The van der Waals surface area contributed by atoms with Crippen LogP contribution in [0.3, 0.4) is 0 Å². The summed E-state index contributed by atoms with van der Waals surface area (Å²) in [7, 11) is 0. The number of hydrogen-bond donors (Lipinski definition) is 1. The first kappa shape index (κ1) is 14.4. The lowest BCUT2D eigenvalue weighted by Crippen LogP contribution is -2.03. The van der Waals surface area contributed by atoms with Gasteiger partial charge in [-0.15, -0.1) is 0 Å². The van der Waals surface area contributed by atoms with Crippen LogP contribution in [0.2, 0.25) is 0 Å². The third kappa shape index (κ3) is 4.68. The Labute approximate surface area is 119 Å². The number of anilines is 1. The number of thioether (sulfide) groups is 1. The van der Waals surface area contributed by atoms with E-state index in [1.165, 1.54) is 24.2 Å². The Balaban J connectivity index is 2.47. The Morgan fingerprint density at radius 1 is 1.19 bits per heavy atom. The van der Waals surface area contributed by atoms with Crippen molar-refractivity contribution in [3.05, 3.63) is 26.6 Å². The van der Waals surface area contributed by atoms with Gasteiger partial charge in [0, 0.05) is 15.5 Å². The van der Waals surface area contributed by atoms with Crippen LogP contribution in [0.25, 0.3) is 0 Å². The molecule has 0 radical (unpaired) electrons. The summed E-state index contributed by atoms with van der Waals surface area (Å²) in [4.78, 5) is 0. The smallest absolute Gasteiger partial charge is 0.0629 e. The highest BCUT2D eigenvalue weighted by atomic mass is 79.9. The second kappa shape index (κ2) is 7.62. The zero-order chi connectivity index (χ0) is 12.0. The van der Waals surface area contributed by atoms with Crippen molar-refractivity contribution in [3.8, 4) is 0 Å². The number of rotatable bonds is 6. The molecule has 0 heterocycles. The lowest BCUT2D eigenvalue weighted by Gasteiger charge is -2.11. The van der Waals surface area contributed by atoms with Gasteiger partial charge >= 0.3 is 0 Å². The van der Waals surface area contributed by atoms with Crippen molar-refractivity contribution < 1.29 is 0 Å². The van der Waals surface area contributed by atoms with Crippen LogP contribution in [-0.2, 0) is 0 Å². The molecule has 1 nitrogen and oxygen atoms in total. The fourth-order valence-corrected chi connectivity index (χ4v) is 3.64. The summed E-state index contributed by atoms with van der Waals surface area (Å²) in [6, 6.07) is 4.27. The summed E-state index contributed by atoms with van der Waals surface area (Å²) in [5.41, 5.74) is 2.42. The number of aryl methyl sites for hydroxylation is 1. The number of unbranched alkanes of at least 4 members (excludes halogenated alkanes) is 1. The molecule has 0 fully saturated rings. The maximum absolute atomic E-state index is 3.58. The molecule has 0 saturated heterocycles. The second-order valence-corrected chi connectivity index (χ2v) is 6.42. The van der Waals surface area contributed by atoms with Gasteiger partial charge in [0.1, 0.15) is 0 Å². The van der Waals surface area contributed by atoms with E-state index < -0.39 is 0 Å². The van der Waals surface area contributed by atoms with Gasteiger partial charge in [0.05, 0.1) is 5.69 Å². The van der Waals surface area contributed by atoms with Crippen LogP contribution in [0.1, 0.15) is 18.4 Å². The van der Waals surface area contributed by atoms with Crippen LogP contribution in [0.4, 0.5) is 5.69 Å². The minimum absolute atomic E-state index is 1.03. The minimum Gasteiger partial charge on any atom is -0.383 e. The molecule has 1 rings (SSSR count). The van der Waals surface area contributed by atoms with Crippen molar-refractivity contribution in [1.29, 1.82) is 0 Å². The summed E-state index contributed by atoms with van der Waals surface area (Å²) in [6.07, 6.45) is 4.64. The summed E-state index contributed by atoms with van der Waals surface area (Å²) in [5, 5.41) is 3.46. The third-order valence-corrected chi connectivity index (χ3v) is 4.21. The van der Waals surface area contributed by atoms with E-state index in [1.54, 1.807) is 0 Å². The van der Waals surface area contributed by atoms with E-state index >= 15 is 0 Å². The average molecular weight is 367 g/mol. The predicted molar refractivity (Wildman–Crippen MR) is 82.7 cm³/mol. The first-order valence-corrected chi connectivity index (χ1v) is 8.31. The molecule has 0 aromatic heterocycles. The van der Waals surface area contributed by atoms with Crippen LogP contribution in [0, 0.1) is 6.92 Å². The summed E-state index contributed by atoms with van der Waals surface area (Å²) < 4.78 is 2.26. The van der Waals surface area contributed by atoms with Gasteiger partial charge in [-0.25, -0.2) is 0 Å². The highest BCUT2D eigenvalue weighted by Crippen LogP contribution is 2.32. The lowest BCUT2D eigenvalue weighted by atomic mass is 10.2. The van der Waals surface area contributed by atoms with Gasteiger partial charge in [-0.2, -0.15) is 11.8 Å². The topological polar surface area (TPSA) is 12.0 Å². The minimum atomic E-state index is 1.03. The zero-order valence-corrected chi connectivity index (χ0v) is 13.6. The molecule has 0 atom stereocenters. The summed E-state index contributed by atoms with van der Waals surface area (Å²) >= 11 is 9.08. The van der Waals surface area contributed by atoms with Crippen molar-refractivity contribution in [1.82, 2.24) is 0 Å². The molecule has 1 N–H and O–H groups in total. The Hall–Kier alpha value is 0.330. The number of hydrogen-bond acceptors (Lipinski definition) is 2. The molecule has 0 amide bonds. The van der Waals surface area contributed by atoms with Gasteiger partial charge in [0.15, 0.2) is 0 Å². The molecule has 0 saturated carbocycles. The Morgan fingerprint density at radius 2 is 1.81 bits per heavy atom. The SMILES string of the molecule is CSCCCCNc1c(Br)cc(C)cc1Br. The highest BCUT2D eigenvalue weighted by molar-refractivity contribution is 9.11. The van der Waals surface area contributed by atoms with Gasteiger partial charge < -0.3 is 5.32 Å². The van der Waals surface area contributed by atoms with Gasteiger partial charge in [0.2, 0.25) is 0 Å². The predicted octanol–water partition coefficient (Wildman–Crippen LogP) is 5.08. The molecule has 0 spiro atoms. The summed E-state index contributed by atoms with van der Waals surface area (Å²) in [5.74, 6) is 1.25. The van der Waals surface area contributed by atoms with Crippen LogP contribution >= 0.6 is 43.6 Å². The van der Waals surface area contributed by atoms with Crippen molar-refractivity contribution in [2.75, 3.05) is 23.9 Å². The third-order valence-electron chi connectivity index (χ3n) is 2.26. The molecule has 0 aliphatic carbocycles. The second-order valence-electron chi connectivity index (χ2n) is 3.73. The van der Waals surface area contributed by atoms with Crippen LogP contribution in [-0.4, -0.2) is 18.6 Å². The Kier molecular flexibility index (Phi) is 6.85. The number of halogens is 2. The molecule has 0 aliphatic rings. The van der Waals surface area contributed by atoms with Crippen molar-refractivity contribution in [2.24, 2.45) is 0 Å². The normalized spacial score (nSPS) is 10.5. The average Bonchev–Trinajstić information content (AvgIpc) is 2.20. The van der Waals surface area contributed by atoms with Gasteiger partial charge in [-0.05, 0) is 81.3 Å². The molecule has 0 unspecified atom stereocenters. The molecule has 16 heavy (non-hydrogen) atoms. The molecule has 1 aromatic carbocycles. The van der Waals surface area contributed by atoms with Gasteiger partial charge in [-0.3, -0.25) is 0 Å². The summed E-state index contributed by atoms with van der Waals surface area (Å²) in [6.45, 7) is 3.12. The zero-order valence-electron chi connectivity index (χ0n) is 9.65. The molecular formula is C12H17Br2NS. The van der Waals surface area contributed by atoms with E-state index in [0.717, 1.165) is 21.2 Å². The molecule has 4 heteroatoms. The maximum Gasteiger partial charge on any atom is 0.0629 e. The molecule has 0 aliphatic heterocycles. The monoisotopic (exact) mass is 365 g/mol. The van der Waals surface area contributed by atoms with Gasteiger partial charge in [0.25, 0.3) is 0 Å². The lowest BCUT2D eigenvalue weighted by molar-refractivity contribution is 0.842. The Bertz CT molecular complexity index is 319. The van der Waals surface area contributed by atoms with Crippen LogP contribution in [0.5, 0.6) is 0 Å². The van der Waals surface area contributed by atoms with Crippen molar-refractivity contribution in [2.45, 2.75) is 19.8 Å². The number of nitrogens with one attached hydrogen (secondary N) is 1. The fraction of sp³-hybridized carbons (Fsp3) is 0.500. The van der Waals surface area contributed by atoms with Gasteiger partial charge in [-0.1, -0.05) is 0 Å². The fourth-order valence-electron chi connectivity index (χ4n) is 1.45. The van der Waals surface area contributed by atoms with Crippen LogP contribution < -0.4 is 5.32 Å². The number of benzene rings is 1. The molecule has 90 valence electrons. The van der Waals surface area contributed by atoms with E-state index in [9.17, 15) is 0 Å². The van der Waals surface area contributed by atoms with Crippen molar-refractivity contribution >= 4 is 49.3 Å².